The molecule has 0 aliphatic carbocycles. The van der Waals surface area contributed by atoms with E-state index in [-0.39, 0.29) is 12.2 Å². The number of guanidine groups is 1. The van der Waals surface area contributed by atoms with Crippen LogP contribution in [0, 0.1) is 0 Å². The average Bonchev–Trinajstić information content (AvgIpc) is 2.86. The summed E-state index contributed by atoms with van der Waals surface area (Å²) in [4.78, 5) is 6.49. The van der Waals surface area contributed by atoms with Gasteiger partial charge in [0.2, 0.25) is 5.96 Å². The van der Waals surface area contributed by atoms with Gasteiger partial charge in [0.1, 0.15) is 12.2 Å². The molecule has 0 bridgehead atoms. The molecule has 0 spiro atoms. The Morgan fingerprint density at radius 3 is 2.42 bits per heavy atom. The van der Waals surface area contributed by atoms with E-state index in [1.54, 1.807) is 14.2 Å². The maximum absolute atomic E-state index is 5.53. The largest absolute Gasteiger partial charge is 0.382 e. The van der Waals surface area contributed by atoms with Crippen molar-refractivity contribution in [1.82, 2.24) is 10.3 Å². The number of hydrogen-bond donors (Lipinski definition) is 2. The van der Waals surface area contributed by atoms with Gasteiger partial charge in [-0.05, 0) is 13.3 Å². The van der Waals surface area contributed by atoms with Crippen LogP contribution in [-0.4, -0.2) is 70.1 Å². The van der Waals surface area contributed by atoms with Gasteiger partial charge in [0.05, 0.1) is 0 Å². The van der Waals surface area contributed by atoms with E-state index in [0.717, 1.165) is 32.7 Å². The molecule has 0 radical (unpaired) electrons. The smallest absolute Gasteiger partial charge is 0.208 e. The second kappa shape index (κ2) is 9.08. The Morgan fingerprint density at radius 1 is 1.32 bits per heavy atom. The average molecular weight is 274 g/mol. The minimum atomic E-state index is 0.0481. The Bertz CT molecular complexity index is 264. The summed E-state index contributed by atoms with van der Waals surface area (Å²) in [6.45, 7) is 5.58. The predicted molar refractivity (Wildman–Crippen MR) is 73.9 cm³/mol. The molecule has 0 aromatic heterocycles. The number of nitrogens with two attached hydrogens (primary N) is 1. The molecular formula is C12H26N4O3. The monoisotopic (exact) mass is 274 g/mol. The topological polar surface area (TPSA) is 81.3 Å². The number of hydrazine groups is 1. The van der Waals surface area contributed by atoms with E-state index < -0.39 is 0 Å². The third kappa shape index (κ3) is 4.94. The number of methoxy groups -OCH3 is 2. The summed E-state index contributed by atoms with van der Waals surface area (Å²) in [5.74, 6) is 6.21. The third-order valence-corrected chi connectivity index (χ3v) is 3.16. The summed E-state index contributed by atoms with van der Waals surface area (Å²) >= 11 is 0. The second-order valence-corrected chi connectivity index (χ2v) is 4.35. The van der Waals surface area contributed by atoms with E-state index in [4.69, 9.17) is 20.1 Å². The minimum absolute atomic E-state index is 0.0481. The molecule has 2 unspecified atom stereocenters. The molecule has 0 aromatic rings. The number of rotatable bonds is 7. The van der Waals surface area contributed by atoms with Gasteiger partial charge in [-0.25, -0.2) is 5.84 Å². The summed E-state index contributed by atoms with van der Waals surface area (Å²) in [7, 11) is 3.38. The van der Waals surface area contributed by atoms with E-state index in [1.165, 1.54) is 0 Å². The maximum atomic E-state index is 5.53. The molecule has 1 heterocycles. The van der Waals surface area contributed by atoms with Crippen LogP contribution in [0.4, 0.5) is 0 Å². The molecular weight excluding hydrogens is 248 g/mol. The highest BCUT2D eigenvalue weighted by atomic mass is 16.5. The summed E-state index contributed by atoms with van der Waals surface area (Å²) in [6.07, 6.45) is 0.979. The van der Waals surface area contributed by atoms with Gasteiger partial charge in [-0.3, -0.25) is 10.4 Å². The summed E-state index contributed by atoms with van der Waals surface area (Å²) in [6, 6.07) is 0. The van der Waals surface area contributed by atoms with Crippen LogP contribution in [0.1, 0.15) is 13.3 Å². The van der Waals surface area contributed by atoms with Gasteiger partial charge in [-0.15, -0.1) is 0 Å². The van der Waals surface area contributed by atoms with Crippen LogP contribution < -0.4 is 11.3 Å². The first-order valence-corrected chi connectivity index (χ1v) is 6.66. The minimum Gasteiger partial charge on any atom is -0.382 e. The molecule has 1 rings (SSSR count). The Morgan fingerprint density at radius 2 is 1.95 bits per heavy atom. The Kier molecular flexibility index (Phi) is 7.73. The van der Waals surface area contributed by atoms with Gasteiger partial charge in [-0.2, -0.15) is 0 Å². The van der Waals surface area contributed by atoms with Crippen molar-refractivity contribution in [3.8, 4) is 0 Å². The lowest BCUT2D eigenvalue weighted by Crippen LogP contribution is -2.44. The molecule has 0 aromatic carbocycles. The number of nitrogens with one attached hydrogen (secondary N) is 1. The third-order valence-electron chi connectivity index (χ3n) is 3.16. The van der Waals surface area contributed by atoms with Crippen LogP contribution in [0.3, 0.4) is 0 Å². The van der Waals surface area contributed by atoms with Gasteiger partial charge in [0, 0.05) is 47.1 Å². The SMILES string of the molecule is CCOCCCN=C(NN)N1CC(OC)C(OC)C1. The van der Waals surface area contributed by atoms with Gasteiger partial charge >= 0.3 is 0 Å². The van der Waals surface area contributed by atoms with Crippen LogP contribution in [-0.2, 0) is 14.2 Å². The van der Waals surface area contributed by atoms with Gasteiger partial charge in [0.15, 0.2) is 0 Å². The van der Waals surface area contributed by atoms with Crippen molar-refractivity contribution >= 4 is 5.96 Å². The highest BCUT2D eigenvalue weighted by Gasteiger charge is 2.34. The molecule has 1 fully saturated rings. The van der Waals surface area contributed by atoms with E-state index in [9.17, 15) is 0 Å². The lowest BCUT2D eigenvalue weighted by molar-refractivity contribution is -0.00461. The molecule has 19 heavy (non-hydrogen) atoms. The number of hydrogen-bond acceptors (Lipinski definition) is 5. The van der Waals surface area contributed by atoms with Crippen molar-refractivity contribution in [2.75, 3.05) is 47.1 Å². The molecule has 7 nitrogen and oxygen atoms in total. The van der Waals surface area contributed by atoms with Gasteiger partial charge in [0.25, 0.3) is 0 Å². The summed E-state index contributed by atoms with van der Waals surface area (Å²) in [5.41, 5.74) is 2.65. The fourth-order valence-corrected chi connectivity index (χ4v) is 2.10. The van der Waals surface area contributed by atoms with Crippen molar-refractivity contribution in [2.24, 2.45) is 10.8 Å². The predicted octanol–water partition coefficient (Wildman–Crippen LogP) is -0.422. The normalized spacial score (nSPS) is 24.0. The second-order valence-electron chi connectivity index (χ2n) is 4.35. The highest BCUT2D eigenvalue weighted by molar-refractivity contribution is 5.79. The molecule has 0 saturated carbocycles. The Balaban J connectivity index is 2.44. The van der Waals surface area contributed by atoms with Crippen LogP contribution in [0.15, 0.2) is 4.99 Å². The fourth-order valence-electron chi connectivity index (χ4n) is 2.10. The zero-order valence-electron chi connectivity index (χ0n) is 12.1. The van der Waals surface area contributed by atoms with Crippen LogP contribution in [0.5, 0.6) is 0 Å². The first kappa shape index (κ1) is 16.2. The summed E-state index contributed by atoms with van der Waals surface area (Å²) < 4.78 is 16.0. The van der Waals surface area contributed by atoms with Crippen LogP contribution in [0.25, 0.3) is 0 Å². The molecule has 1 aliphatic rings. The first-order valence-electron chi connectivity index (χ1n) is 6.66. The van der Waals surface area contributed by atoms with Crippen molar-refractivity contribution in [3.05, 3.63) is 0 Å². The standard InChI is InChI=1S/C12H26N4O3/c1-4-19-7-5-6-14-12(15-13)16-8-10(17-2)11(9-16)18-3/h10-11H,4-9,13H2,1-3H3,(H,14,15). The molecule has 1 saturated heterocycles. The highest BCUT2D eigenvalue weighted by Crippen LogP contribution is 2.15. The Labute approximate surface area is 115 Å². The van der Waals surface area contributed by atoms with Crippen molar-refractivity contribution in [2.45, 2.75) is 25.6 Å². The maximum Gasteiger partial charge on any atom is 0.208 e. The number of ether oxygens (including phenoxy) is 3. The van der Waals surface area contributed by atoms with E-state index in [1.807, 2.05) is 11.8 Å². The summed E-state index contributed by atoms with van der Waals surface area (Å²) in [5, 5.41) is 0. The molecule has 1 aliphatic heterocycles. The van der Waals surface area contributed by atoms with Gasteiger partial charge in [-0.1, -0.05) is 0 Å². The molecule has 3 N–H and O–H groups in total. The van der Waals surface area contributed by atoms with E-state index >= 15 is 0 Å². The molecule has 7 heteroatoms. The lowest BCUT2D eigenvalue weighted by Gasteiger charge is -2.19. The van der Waals surface area contributed by atoms with Crippen LogP contribution in [0.2, 0.25) is 0 Å². The molecule has 2 atom stereocenters. The van der Waals surface area contributed by atoms with Crippen molar-refractivity contribution in [3.63, 3.8) is 0 Å². The quantitative estimate of drug-likeness (QED) is 0.216. The fraction of sp³-hybridized carbons (Fsp3) is 0.917. The lowest BCUT2D eigenvalue weighted by atomic mass is 10.3. The molecule has 0 amide bonds. The van der Waals surface area contributed by atoms with Crippen molar-refractivity contribution in [1.29, 1.82) is 0 Å². The van der Waals surface area contributed by atoms with E-state index in [0.29, 0.717) is 12.5 Å². The number of aliphatic imine (C=N–C) groups is 1. The van der Waals surface area contributed by atoms with Crippen LogP contribution >= 0.6 is 0 Å². The zero-order chi connectivity index (χ0) is 14.1. The first-order chi connectivity index (χ1) is 9.26. The zero-order valence-corrected chi connectivity index (χ0v) is 12.1. The van der Waals surface area contributed by atoms with Crippen molar-refractivity contribution < 1.29 is 14.2 Å². The Hall–Kier alpha value is -0.890. The number of nitrogens with zero attached hydrogens (tertiary/aromatic N) is 2. The van der Waals surface area contributed by atoms with E-state index in [2.05, 4.69) is 10.4 Å². The van der Waals surface area contributed by atoms with Gasteiger partial charge < -0.3 is 19.1 Å². The number of likely N-dealkylation sites (tertiary alicyclic amines) is 1. The molecule has 112 valence electrons.